The average molecular weight is 382 g/mol. The summed E-state index contributed by atoms with van der Waals surface area (Å²) in [6.45, 7) is 1.90. The van der Waals surface area contributed by atoms with Crippen LogP contribution in [0.25, 0.3) is 5.69 Å². The Kier molecular flexibility index (Phi) is 4.54. The Morgan fingerprint density at radius 1 is 1.04 bits per heavy atom. The van der Waals surface area contributed by atoms with E-state index in [1.54, 1.807) is 30.6 Å². The molecule has 0 aliphatic carbocycles. The van der Waals surface area contributed by atoms with Gasteiger partial charge >= 0.3 is 0 Å². The summed E-state index contributed by atoms with van der Waals surface area (Å²) in [5.41, 5.74) is 2.23. The molecular formula is C16H13Cl2N3O2S. The van der Waals surface area contributed by atoms with Crippen molar-refractivity contribution in [3.05, 3.63) is 70.7 Å². The Labute approximate surface area is 149 Å². The number of nitrogens with one attached hydrogen (secondary N) is 1. The van der Waals surface area contributed by atoms with Crippen LogP contribution >= 0.6 is 23.2 Å². The largest absolute Gasteiger partial charge is 0.306 e. The second-order valence-corrected chi connectivity index (χ2v) is 7.65. The Balaban J connectivity index is 1.83. The first-order valence-corrected chi connectivity index (χ1v) is 9.18. The van der Waals surface area contributed by atoms with Gasteiger partial charge in [0.05, 0.1) is 27.0 Å². The molecule has 3 rings (SSSR count). The molecule has 5 nitrogen and oxygen atoms in total. The third kappa shape index (κ3) is 3.56. The third-order valence-corrected chi connectivity index (χ3v) is 5.45. The van der Waals surface area contributed by atoms with Gasteiger partial charge in [-0.05, 0) is 49.4 Å². The van der Waals surface area contributed by atoms with Crippen LogP contribution in [0.3, 0.4) is 0 Å². The van der Waals surface area contributed by atoms with Crippen LogP contribution in [0.1, 0.15) is 5.69 Å². The molecule has 0 unspecified atom stereocenters. The van der Waals surface area contributed by atoms with Crippen molar-refractivity contribution in [2.24, 2.45) is 0 Å². The summed E-state index contributed by atoms with van der Waals surface area (Å²) in [5, 5.41) is 0.487. The van der Waals surface area contributed by atoms with E-state index >= 15 is 0 Å². The van der Waals surface area contributed by atoms with Gasteiger partial charge in [0.1, 0.15) is 0 Å². The van der Waals surface area contributed by atoms with E-state index in [1.807, 2.05) is 17.7 Å². The molecular weight excluding hydrogens is 369 g/mol. The predicted octanol–water partition coefficient (Wildman–Crippen LogP) is 4.29. The van der Waals surface area contributed by atoms with Crippen molar-refractivity contribution in [1.29, 1.82) is 0 Å². The highest BCUT2D eigenvalue weighted by Crippen LogP contribution is 2.26. The number of halogens is 2. The van der Waals surface area contributed by atoms with Crippen molar-refractivity contribution >= 4 is 38.9 Å². The number of sulfonamides is 1. The summed E-state index contributed by atoms with van der Waals surface area (Å²) in [5.74, 6) is 0. The molecule has 1 N–H and O–H groups in total. The minimum absolute atomic E-state index is 0.0474. The fraction of sp³-hybridized carbons (Fsp3) is 0.0625. The fourth-order valence-corrected chi connectivity index (χ4v) is 3.57. The molecule has 1 heterocycles. The maximum absolute atomic E-state index is 12.4. The van der Waals surface area contributed by atoms with E-state index in [1.165, 1.54) is 18.2 Å². The first-order valence-electron chi connectivity index (χ1n) is 6.94. The lowest BCUT2D eigenvalue weighted by Gasteiger charge is -2.10. The predicted molar refractivity (Wildman–Crippen MR) is 95.6 cm³/mol. The molecule has 0 spiro atoms. The van der Waals surface area contributed by atoms with Gasteiger partial charge in [-0.2, -0.15) is 0 Å². The number of aryl methyl sites for hydroxylation is 1. The van der Waals surface area contributed by atoms with Crippen molar-refractivity contribution in [2.75, 3.05) is 4.72 Å². The van der Waals surface area contributed by atoms with Gasteiger partial charge in [-0.15, -0.1) is 0 Å². The Hall–Kier alpha value is -2.02. The molecule has 0 radical (unpaired) electrons. The first-order chi connectivity index (χ1) is 11.3. The van der Waals surface area contributed by atoms with E-state index in [-0.39, 0.29) is 9.92 Å². The van der Waals surface area contributed by atoms with Crippen LogP contribution in [0.5, 0.6) is 0 Å². The van der Waals surface area contributed by atoms with E-state index in [0.29, 0.717) is 10.7 Å². The van der Waals surface area contributed by atoms with Crippen molar-refractivity contribution in [3.63, 3.8) is 0 Å². The minimum atomic E-state index is -3.74. The number of benzene rings is 2. The lowest BCUT2D eigenvalue weighted by atomic mass is 10.3. The quantitative estimate of drug-likeness (QED) is 0.732. The Morgan fingerprint density at radius 3 is 2.33 bits per heavy atom. The first kappa shape index (κ1) is 16.8. The number of hydrogen-bond donors (Lipinski definition) is 1. The monoisotopic (exact) mass is 381 g/mol. The highest BCUT2D eigenvalue weighted by atomic mass is 35.5. The summed E-state index contributed by atoms with van der Waals surface area (Å²) in [7, 11) is -3.74. The number of aromatic nitrogens is 2. The second kappa shape index (κ2) is 6.47. The van der Waals surface area contributed by atoms with E-state index in [2.05, 4.69) is 9.71 Å². The van der Waals surface area contributed by atoms with Crippen LogP contribution in [-0.4, -0.2) is 18.0 Å². The number of anilines is 1. The molecule has 0 bridgehead atoms. The van der Waals surface area contributed by atoms with Crippen LogP contribution in [0.15, 0.2) is 59.9 Å². The van der Waals surface area contributed by atoms with Crippen LogP contribution in [0.2, 0.25) is 10.0 Å². The summed E-state index contributed by atoms with van der Waals surface area (Å²) in [6.07, 6.45) is 3.58. The molecule has 0 saturated carbocycles. The zero-order chi connectivity index (χ0) is 17.3. The lowest BCUT2D eigenvalue weighted by Crippen LogP contribution is -2.12. The van der Waals surface area contributed by atoms with E-state index < -0.39 is 10.0 Å². The standard InChI is InChI=1S/C16H13Cl2N3O2S/c1-11-9-21(10-19-11)13-4-2-12(3-5-13)20-24(22,23)14-6-7-15(17)16(18)8-14/h2-10,20H,1H3. The van der Waals surface area contributed by atoms with Gasteiger partial charge < -0.3 is 4.57 Å². The number of imidazole rings is 1. The van der Waals surface area contributed by atoms with Crippen LogP contribution in [-0.2, 0) is 10.0 Å². The second-order valence-electron chi connectivity index (χ2n) is 5.15. The van der Waals surface area contributed by atoms with Gasteiger partial charge in [0.25, 0.3) is 10.0 Å². The molecule has 0 fully saturated rings. The van der Waals surface area contributed by atoms with E-state index in [9.17, 15) is 8.42 Å². The maximum atomic E-state index is 12.4. The maximum Gasteiger partial charge on any atom is 0.261 e. The van der Waals surface area contributed by atoms with Crippen molar-refractivity contribution < 1.29 is 8.42 Å². The van der Waals surface area contributed by atoms with Gasteiger partial charge in [-0.3, -0.25) is 4.72 Å². The summed E-state index contributed by atoms with van der Waals surface area (Å²) < 4.78 is 29.2. The molecule has 0 amide bonds. The summed E-state index contributed by atoms with van der Waals surface area (Å²) >= 11 is 11.7. The third-order valence-electron chi connectivity index (χ3n) is 3.33. The highest BCUT2D eigenvalue weighted by Gasteiger charge is 2.15. The van der Waals surface area contributed by atoms with Crippen molar-refractivity contribution in [1.82, 2.24) is 9.55 Å². The van der Waals surface area contributed by atoms with Gasteiger partial charge in [0.2, 0.25) is 0 Å². The van der Waals surface area contributed by atoms with Gasteiger partial charge in [0.15, 0.2) is 0 Å². The zero-order valence-electron chi connectivity index (χ0n) is 12.6. The molecule has 24 heavy (non-hydrogen) atoms. The molecule has 8 heteroatoms. The molecule has 0 aliphatic rings. The summed E-state index contributed by atoms with van der Waals surface area (Å²) in [6, 6.07) is 11.1. The van der Waals surface area contributed by atoms with Gasteiger partial charge in [0, 0.05) is 17.6 Å². The topological polar surface area (TPSA) is 64.0 Å². The van der Waals surface area contributed by atoms with Crippen LogP contribution in [0, 0.1) is 6.92 Å². The SMILES string of the molecule is Cc1cn(-c2ccc(NS(=O)(=O)c3ccc(Cl)c(Cl)c3)cc2)cn1. The molecule has 0 atom stereocenters. The van der Waals surface area contributed by atoms with Gasteiger partial charge in [-0.1, -0.05) is 23.2 Å². The number of rotatable bonds is 4. The van der Waals surface area contributed by atoms with Crippen molar-refractivity contribution in [2.45, 2.75) is 11.8 Å². The van der Waals surface area contributed by atoms with Crippen molar-refractivity contribution in [3.8, 4) is 5.69 Å². The highest BCUT2D eigenvalue weighted by molar-refractivity contribution is 7.92. The van der Waals surface area contributed by atoms with Crippen LogP contribution in [0.4, 0.5) is 5.69 Å². The molecule has 3 aromatic rings. The normalized spacial score (nSPS) is 11.5. The number of nitrogens with zero attached hydrogens (tertiary/aromatic N) is 2. The van der Waals surface area contributed by atoms with E-state index in [0.717, 1.165) is 11.4 Å². The molecule has 0 aliphatic heterocycles. The Morgan fingerprint density at radius 2 is 1.75 bits per heavy atom. The average Bonchev–Trinajstić information content (AvgIpc) is 2.97. The molecule has 124 valence electrons. The van der Waals surface area contributed by atoms with Crippen LogP contribution < -0.4 is 4.72 Å². The number of hydrogen-bond acceptors (Lipinski definition) is 3. The summed E-state index contributed by atoms with van der Waals surface area (Å²) in [4.78, 5) is 4.21. The Bertz CT molecular complexity index is 983. The lowest BCUT2D eigenvalue weighted by molar-refractivity contribution is 0.601. The molecule has 2 aromatic carbocycles. The molecule has 1 aromatic heterocycles. The van der Waals surface area contributed by atoms with Gasteiger partial charge in [-0.25, -0.2) is 13.4 Å². The molecule has 0 saturated heterocycles. The smallest absolute Gasteiger partial charge is 0.261 e. The van der Waals surface area contributed by atoms with E-state index in [4.69, 9.17) is 23.2 Å². The minimum Gasteiger partial charge on any atom is -0.306 e. The fourth-order valence-electron chi connectivity index (χ4n) is 2.12. The zero-order valence-corrected chi connectivity index (χ0v) is 14.9.